The van der Waals surface area contributed by atoms with Crippen molar-refractivity contribution in [3.8, 4) is 0 Å². The predicted molar refractivity (Wildman–Crippen MR) is 92.6 cm³/mol. The van der Waals surface area contributed by atoms with Gasteiger partial charge in [-0.05, 0) is 49.9 Å². The van der Waals surface area contributed by atoms with Crippen LogP contribution >= 0.6 is 12.4 Å². The summed E-state index contributed by atoms with van der Waals surface area (Å²) in [6.45, 7) is 1.11. The number of fused-ring (bicyclic) bond motifs is 1. The Morgan fingerprint density at radius 2 is 1.91 bits per heavy atom. The number of hydrogen-bond acceptors (Lipinski definition) is 4. The molecule has 0 aromatic heterocycles. The first kappa shape index (κ1) is 18.2. The molecule has 0 spiro atoms. The molecule has 2 aliphatic rings. The molecule has 1 aromatic carbocycles. The van der Waals surface area contributed by atoms with Crippen LogP contribution in [-0.4, -0.2) is 38.4 Å². The number of carbonyl (C=O) groups is 1. The Labute approximate surface area is 143 Å². The molecule has 1 aromatic rings. The van der Waals surface area contributed by atoms with Gasteiger partial charge in [0.15, 0.2) is 14.6 Å². The molecule has 0 bridgehead atoms. The number of nitrogens with one attached hydrogen (secondary N) is 2. The van der Waals surface area contributed by atoms with Gasteiger partial charge >= 0.3 is 0 Å². The van der Waals surface area contributed by atoms with Crippen molar-refractivity contribution in [3.63, 3.8) is 0 Å². The van der Waals surface area contributed by atoms with Crippen molar-refractivity contribution in [2.45, 2.75) is 36.5 Å². The Morgan fingerprint density at radius 3 is 2.57 bits per heavy atom. The summed E-state index contributed by atoms with van der Waals surface area (Å²) in [5.41, 5.74) is 2.36. The van der Waals surface area contributed by atoms with E-state index in [-0.39, 0.29) is 24.4 Å². The van der Waals surface area contributed by atoms with Crippen molar-refractivity contribution in [2.75, 3.05) is 19.3 Å². The van der Waals surface area contributed by atoms with Crippen LogP contribution in [0.1, 0.15) is 36.4 Å². The van der Waals surface area contributed by atoms with Crippen molar-refractivity contribution >= 4 is 28.2 Å². The van der Waals surface area contributed by atoms with E-state index in [1.165, 1.54) is 11.8 Å². The third-order valence-corrected chi connectivity index (χ3v) is 6.99. The zero-order chi connectivity index (χ0) is 15.8. The Morgan fingerprint density at radius 1 is 1.26 bits per heavy atom. The highest BCUT2D eigenvalue weighted by Gasteiger charge is 2.49. The number of piperidine rings is 1. The molecule has 23 heavy (non-hydrogen) atoms. The fourth-order valence-corrected chi connectivity index (χ4v) is 4.94. The largest absolute Gasteiger partial charge is 0.348 e. The summed E-state index contributed by atoms with van der Waals surface area (Å²) in [6.07, 6.45) is 3.62. The number of aryl methyl sites for hydroxylation is 1. The van der Waals surface area contributed by atoms with Crippen LogP contribution in [0.25, 0.3) is 0 Å². The third-order valence-electron chi connectivity index (χ3n) is 4.97. The van der Waals surface area contributed by atoms with Crippen LogP contribution in [-0.2, 0) is 21.1 Å². The normalized spacial score (nSPS) is 22.7. The summed E-state index contributed by atoms with van der Waals surface area (Å²) in [5, 5.41) is 6.14. The fraction of sp³-hybridized carbons (Fsp3) is 0.562. The summed E-state index contributed by atoms with van der Waals surface area (Å²) >= 11 is 0. The van der Waals surface area contributed by atoms with E-state index in [4.69, 9.17) is 0 Å². The molecule has 0 radical (unpaired) electrons. The Kier molecular flexibility index (Phi) is 5.38. The number of rotatable bonds is 3. The number of amides is 1. The van der Waals surface area contributed by atoms with Crippen molar-refractivity contribution < 1.29 is 13.2 Å². The Hall–Kier alpha value is -1.11. The highest BCUT2D eigenvalue weighted by molar-refractivity contribution is 7.92. The molecule has 1 aliphatic carbocycles. The molecule has 1 amide bonds. The number of sulfone groups is 1. The SMILES string of the molecule is CS(=O)(=O)C1(C(=O)NC2CCc3ccccc32)CCNCC1.Cl. The predicted octanol–water partition coefficient (Wildman–Crippen LogP) is 1.38. The van der Waals surface area contributed by atoms with Crippen LogP contribution in [0, 0.1) is 0 Å². The second-order valence-electron chi connectivity index (χ2n) is 6.28. The van der Waals surface area contributed by atoms with Gasteiger partial charge in [-0.3, -0.25) is 4.79 Å². The summed E-state index contributed by atoms with van der Waals surface area (Å²) in [7, 11) is -3.46. The molecule has 1 fully saturated rings. The molecule has 2 N–H and O–H groups in total. The van der Waals surface area contributed by atoms with Crippen LogP contribution in [0.4, 0.5) is 0 Å². The van der Waals surface area contributed by atoms with Gasteiger partial charge < -0.3 is 10.6 Å². The van der Waals surface area contributed by atoms with Crippen LogP contribution in [0.15, 0.2) is 24.3 Å². The average molecular weight is 359 g/mol. The highest BCUT2D eigenvalue weighted by Crippen LogP contribution is 2.33. The number of hydrogen-bond donors (Lipinski definition) is 2. The molecular weight excluding hydrogens is 336 g/mol. The van der Waals surface area contributed by atoms with E-state index in [0.717, 1.165) is 18.4 Å². The van der Waals surface area contributed by atoms with Crippen molar-refractivity contribution in [1.29, 1.82) is 0 Å². The summed E-state index contributed by atoms with van der Waals surface area (Å²) in [4.78, 5) is 12.8. The topological polar surface area (TPSA) is 75.3 Å². The number of halogens is 1. The standard InChI is InChI=1S/C16H22N2O3S.ClH/c1-22(20,21)16(8-10-17-11-9-16)15(19)18-14-7-6-12-4-2-3-5-13(12)14;/h2-5,14,17H,6-11H2,1H3,(H,18,19);1H. The summed E-state index contributed by atoms with van der Waals surface area (Å²) in [6, 6.07) is 7.96. The lowest BCUT2D eigenvalue weighted by Gasteiger charge is -2.35. The van der Waals surface area contributed by atoms with Gasteiger partial charge in [0.1, 0.15) is 0 Å². The van der Waals surface area contributed by atoms with E-state index in [1.807, 2.05) is 18.2 Å². The highest BCUT2D eigenvalue weighted by atomic mass is 35.5. The van der Waals surface area contributed by atoms with Crippen molar-refractivity contribution in [3.05, 3.63) is 35.4 Å². The fourth-order valence-electron chi connectivity index (χ4n) is 3.59. The minimum absolute atomic E-state index is 0. The van der Waals surface area contributed by atoms with Crippen LogP contribution in [0.3, 0.4) is 0 Å². The number of carbonyl (C=O) groups excluding carboxylic acids is 1. The van der Waals surface area contributed by atoms with Gasteiger partial charge in [0.2, 0.25) is 5.91 Å². The van der Waals surface area contributed by atoms with Crippen molar-refractivity contribution in [1.82, 2.24) is 10.6 Å². The molecule has 1 heterocycles. The maximum atomic E-state index is 12.8. The third kappa shape index (κ3) is 3.25. The van der Waals surface area contributed by atoms with Crippen molar-refractivity contribution in [2.24, 2.45) is 0 Å². The molecule has 7 heteroatoms. The first-order valence-electron chi connectivity index (χ1n) is 7.73. The van der Waals surface area contributed by atoms with Gasteiger partial charge in [0.25, 0.3) is 0 Å². The second kappa shape index (κ2) is 6.79. The first-order chi connectivity index (χ1) is 10.4. The Balaban J connectivity index is 0.00000192. The number of benzene rings is 1. The van der Waals surface area contributed by atoms with E-state index in [1.54, 1.807) is 0 Å². The lowest BCUT2D eigenvalue weighted by Crippen LogP contribution is -2.57. The molecular formula is C16H23ClN2O3S. The summed E-state index contributed by atoms with van der Waals surface area (Å²) in [5.74, 6) is -0.335. The zero-order valence-electron chi connectivity index (χ0n) is 13.2. The van der Waals surface area contributed by atoms with Crippen LogP contribution in [0.2, 0.25) is 0 Å². The monoisotopic (exact) mass is 358 g/mol. The zero-order valence-corrected chi connectivity index (χ0v) is 14.8. The minimum Gasteiger partial charge on any atom is -0.348 e. The van der Waals surface area contributed by atoms with E-state index in [2.05, 4.69) is 16.7 Å². The first-order valence-corrected chi connectivity index (χ1v) is 9.62. The van der Waals surface area contributed by atoms with Gasteiger partial charge in [-0.25, -0.2) is 8.42 Å². The van der Waals surface area contributed by atoms with Gasteiger partial charge in [-0.15, -0.1) is 12.4 Å². The molecule has 1 unspecified atom stereocenters. The minimum atomic E-state index is -3.46. The van der Waals surface area contributed by atoms with Gasteiger partial charge in [-0.2, -0.15) is 0 Å². The molecule has 1 atom stereocenters. The lowest BCUT2D eigenvalue weighted by atomic mass is 9.95. The Bertz CT molecular complexity index is 684. The maximum Gasteiger partial charge on any atom is 0.242 e. The van der Waals surface area contributed by atoms with Crippen LogP contribution in [0.5, 0.6) is 0 Å². The molecule has 1 saturated heterocycles. The molecule has 1 aliphatic heterocycles. The van der Waals surface area contributed by atoms with Crippen LogP contribution < -0.4 is 10.6 Å². The van der Waals surface area contributed by atoms with E-state index < -0.39 is 14.6 Å². The van der Waals surface area contributed by atoms with E-state index >= 15 is 0 Å². The molecule has 5 nitrogen and oxygen atoms in total. The summed E-state index contributed by atoms with van der Waals surface area (Å²) < 4.78 is 23.3. The molecule has 128 valence electrons. The van der Waals surface area contributed by atoms with E-state index in [0.29, 0.717) is 25.9 Å². The second-order valence-corrected chi connectivity index (χ2v) is 8.61. The smallest absolute Gasteiger partial charge is 0.242 e. The quantitative estimate of drug-likeness (QED) is 0.856. The van der Waals surface area contributed by atoms with Gasteiger partial charge in [0, 0.05) is 6.26 Å². The van der Waals surface area contributed by atoms with Gasteiger partial charge in [0.05, 0.1) is 6.04 Å². The average Bonchev–Trinajstić information content (AvgIpc) is 2.90. The van der Waals surface area contributed by atoms with E-state index in [9.17, 15) is 13.2 Å². The molecule has 0 saturated carbocycles. The lowest BCUT2D eigenvalue weighted by molar-refractivity contribution is -0.125. The maximum absolute atomic E-state index is 12.8. The van der Waals surface area contributed by atoms with Gasteiger partial charge in [-0.1, -0.05) is 24.3 Å². The molecule has 3 rings (SSSR count).